The molecule has 3 heterocycles. The Kier molecular flexibility index (Phi) is 7.06. The van der Waals surface area contributed by atoms with Gasteiger partial charge in [0, 0.05) is 38.1 Å². The quantitative estimate of drug-likeness (QED) is 0.540. The van der Waals surface area contributed by atoms with Crippen LogP contribution in [0.25, 0.3) is 22.4 Å². The zero-order chi connectivity index (χ0) is 24.2. The number of nitrogens with zero attached hydrogens (tertiary/aromatic N) is 5. The van der Waals surface area contributed by atoms with Crippen LogP contribution in [0.15, 0.2) is 30.5 Å². The Hall–Kier alpha value is -3.53. The van der Waals surface area contributed by atoms with E-state index < -0.39 is 5.91 Å². The summed E-state index contributed by atoms with van der Waals surface area (Å²) >= 11 is 0. The van der Waals surface area contributed by atoms with Crippen LogP contribution in [0.5, 0.6) is 5.75 Å². The molecule has 2 amide bonds. The van der Waals surface area contributed by atoms with E-state index in [1.807, 2.05) is 36.7 Å². The highest BCUT2D eigenvalue weighted by atomic mass is 16.5. The summed E-state index contributed by atoms with van der Waals surface area (Å²) < 4.78 is 13.8. The molecule has 10 heteroatoms. The summed E-state index contributed by atoms with van der Waals surface area (Å²) in [5.74, 6) is 0.732. The molecule has 1 aliphatic rings. The second-order valence-electron chi connectivity index (χ2n) is 8.62. The maximum absolute atomic E-state index is 12.5. The van der Waals surface area contributed by atoms with Gasteiger partial charge in [-0.3, -0.25) is 14.5 Å². The van der Waals surface area contributed by atoms with Crippen LogP contribution in [-0.4, -0.2) is 51.3 Å². The van der Waals surface area contributed by atoms with Gasteiger partial charge in [0.2, 0.25) is 11.8 Å². The molecule has 10 nitrogen and oxygen atoms in total. The first-order valence-electron chi connectivity index (χ1n) is 11.5. The Balaban J connectivity index is 1.74. The monoisotopic (exact) mass is 466 g/mol. The average molecular weight is 467 g/mol. The lowest BCUT2D eigenvalue weighted by atomic mass is 10.1. The summed E-state index contributed by atoms with van der Waals surface area (Å²) in [5, 5.41) is 5.69. The molecule has 0 radical (unpaired) electrons. The lowest BCUT2D eigenvalue weighted by Gasteiger charge is -2.23. The molecule has 180 valence electrons. The number of anilines is 1. The second kappa shape index (κ2) is 10.2. The van der Waals surface area contributed by atoms with Gasteiger partial charge in [0.1, 0.15) is 17.3 Å². The minimum atomic E-state index is -0.522. The van der Waals surface area contributed by atoms with E-state index in [2.05, 4.69) is 9.97 Å². The van der Waals surface area contributed by atoms with Crippen LogP contribution in [0.1, 0.15) is 52.2 Å². The normalized spacial score (nSPS) is 16.1. The Morgan fingerprint density at radius 3 is 2.79 bits per heavy atom. The SMILES string of the molecule is CC(C)Oc1ccc2c(c1)c(-c1nccc(N(C)C(=O)CCC(N)=O)n1)nn2C1CCCCO1. The molecule has 2 N–H and O–H groups in total. The predicted molar refractivity (Wildman–Crippen MR) is 127 cm³/mol. The Morgan fingerprint density at radius 1 is 1.26 bits per heavy atom. The van der Waals surface area contributed by atoms with Crippen LogP contribution in [0.4, 0.5) is 5.82 Å². The zero-order valence-corrected chi connectivity index (χ0v) is 19.7. The fourth-order valence-electron chi connectivity index (χ4n) is 3.94. The maximum atomic E-state index is 12.5. The van der Waals surface area contributed by atoms with Gasteiger partial charge in [-0.1, -0.05) is 0 Å². The van der Waals surface area contributed by atoms with E-state index in [-0.39, 0.29) is 31.1 Å². The first kappa shape index (κ1) is 23.6. The highest BCUT2D eigenvalue weighted by Crippen LogP contribution is 2.34. The molecule has 1 aliphatic heterocycles. The number of carbonyl (C=O) groups excluding carboxylic acids is 2. The van der Waals surface area contributed by atoms with Crippen molar-refractivity contribution in [3.8, 4) is 17.3 Å². The molecule has 1 unspecified atom stereocenters. The fraction of sp³-hybridized carbons (Fsp3) is 0.458. The summed E-state index contributed by atoms with van der Waals surface area (Å²) in [6, 6.07) is 7.48. The molecule has 0 saturated carbocycles. The van der Waals surface area contributed by atoms with Gasteiger partial charge in [-0.2, -0.15) is 5.10 Å². The van der Waals surface area contributed by atoms with Crippen molar-refractivity contribution in [3.63, 3.8) is 0 Å². The fourth-order valence-corrected chi connectivity index (χ4v) is 3.94. The van der Waals surface area contributed by atoms with E-state index in [0.717, 1.165) is 35.9 Å². The molecule has 0 aliphatic carbocycles. The number of rotatable bonds is 8. The van der Waals surface area contributed by atoms with Crippen LogP contribution in [0.3, 0.4) is 0 Å². The molecular weight excluding hydrogens is 436 g/mol. The van der Waals surface area contributed by atoms with Crippen LogP contribution < -0.4 is 15.4 Å². The number of nitrogens with two attached hydrogens (primary N) is 1. The number of carbonyl (C=O) groups is 2. The molecule has 4 rings (SSSR count). The van der Waals surface area contributed by atoms with Crippen molar-refractivity contribution in [1.82, 2.24) is 19.7 Å². The van der Waals surface area contributed by atoms with Crippen LogP contribution in [0, 0.1) is 0 Å². The molecule has 0 bridgehead atoms. The van der Waals surface area contributed by atoms with Crippen molar-refractivity contribution < 1.29 is 19.1 Å². The Morgan fingerprint density at radius 2 is 2.09 bits per heavy atom. The van der Waals surface area contributed by atoms with E-state index in [4.69, 9.17) is 20.3 Å². The molecule has 1 saturated heterocycles. The molecular formula is C24H30N6O4. The van der Waals surface area contributed by atoms with Crippen molar-refractivity contribution in [2.24, 2.45) is 5.73 Å². The van der Waals surface area contributed by atoms with Gasteiger partial charge in [0.25, 0.3) is 0 Å². The van der Waals surface area contributed by atoms with Crippen molar-refractivity contribution in [2.75, 3.05) is 18.6 Å². The van der Waals surface area contributed by atoms with E-state index in [9.17, 15) is 9.59 Å². The largest absolute Gasteiger partial charge is 0.491 e. The van der Waals surface area contributed by atoms with Gasteiger partial charge in [-0.15, -0.1) is 0 Å². The summed E-state index contributed by atoms with van der Waals surface area (Å²) in [6.07, 6.45) is 4.43. The number of aromatic nitrogens is 4. The number of fused-ring (bicyclic) bond motifs is 1. The highest BCUT2D eigenvalue weighted by molar-refractivity contribution is 5.95. The summed E-state index contributed by atoms with van der Waals surface area (Å²) in [6.45, 7) is 4.64. The lowest BCUT2D eigenvalue weighted by Crippen LogP contribution is -2.28. The van der Waals surface area contributed by atoms with Crippen LogP contribution in [0.2, 0.25) is 0 Å². The van der Waals surface area contributed by atoms with Gasteiger partial charge < -0.3 is 15.2 Å². The van der Waals surface area contributed by atoms with E-state index in [1.165, 1.54) is 4.90 Å². The van der Waals surface area contributed by atoms with E-state index in [1.54, 1.807) is 19.3 Å². The van der Waals surface area contributed by atoms with Crippen LogP contribution >= 0.6 is 0 Å². The van der Waals surface area contributed by atoms with Gasteiger partial charge >= 0.3 is 0 Å². The molecule has 1 fully saturated rings. The first-order chi connectivity index (χ1) is 16.3. The molecule has 1 aromatic carbocycles. The number of hydrogen-bond donors (Lipinski definition) is 1. The molecule has 1 atom stereocenters. The second-order valence-corrected chi connectivity index (χ2v) is 8.62. The number of primary amides is 1. The number of benzene rings is 1. The standard InChI is InChI=1S/C24H30N6O4/c1-15(2)34-16-7-8-18-17(14-16)23(28-30(18)22-6-4-5-13-33-22)24-26-12-11-20(27-24)29(3)21(32)10-9-19(25)31/h7-8,11-12,14-15,22H,4-6,9-10,13H2,1-3H3,(H2,25,31). The Labute approximate surface area is 198 Å². The molecule has 34 heavy (non-hydrogen) atoms. The van der Waals surface area contributed by atoms with Gasteiger partial charge in [-0.25, -0.2) is 14.6 Å². The smallest absolute Gasteiger partial charge is 0.228 e. The highest BCUT2D eigenvalue weighted by Gasteiger charge is 2.24. The van der Waals surface area contributed by atoms with Crippen molar-refractivity contribution in [1.29, 1.82) is 0 Å². The third-order valence-electron chi connectivity index (χ3n) is 5.63. The summed E-state index contributed by atoms with van der Waals surface area (Å²) in [7, 11) is 1.61. The van der Waals surface area contributed by atoms with Gasteiger partial charge in [0.05, 0.1) is 11.6 Å². The van der Waals surface area contributed by atoms with Crippen molar-refractivity contribution in [2.45, 2.75) is 58.3 Å². The van der Waals surface area contributed by atoms with Gasteiger partial charge in [-0.05, 0) is 57.4 Å². The van der Waals surface area contributed by atoms with Gasteiger partial charge in [0.15, 0.2) is 12.1 Å². The third-order valence-corrected chi connectivity index (χ3v) is 5.63. The minimum absolute atomic E-state index is 0.0116. The third kappa shape index (κ3) is 5.17. The van der Waals surface area contributed by atoms with E-state index in [0.29, 0.717) is 23.9 Å². The Bertz CT molecular complexity index is 1190. The molecule has 0 spiro atoms. The maximum Gasteiger partial charge on any atom is 0.228 e. The molecule has 2 aromatic heterocycles. The number of amides is 2. The lowest BCUT2D eigenvalue weighted by molar-refractivity contribution is -0.123. The number of ether oxygens (including phenoxy) is 2. The van der Waals surface area contributed by atoms with Crippen molar-refractivity contribution >= 4 is 28.5 Å². The zero-order valence-electron chi connectivity index (χ0n) is 19.7. The summed E-state index contributed by atoms with van der Waals surface area (Å²) in [4.78, 5) is 34.0. The summed E-state index contributed by atoms with van der Waals surface area (Å²) in [5.41, 5.74) is 6.65. The van der Waals surface area contributed by atoms with Crippen molar-refractivity contribution in [3.05, 3.63) is 30.5 Å². The average Bonchev–Trinajstić information content (AvgIpc) is 3.21. The first-order valence-corrected chi connectivity index (χ1v) is 11.5. The number of hydrogen-bond acceptors (Lipinski definition) is 7. The molecule has 3 aromatic rings. The minimum Gasteiger partial charge on any atom is -0.491 e. The topological polar surface area (TPSA) is 125 Å². The van der Waals surface area contributed by atoms with E-state index >= 15 is 0 Å². The predicted octanol–water partition coefficient (Wildman–Crippen LogP) is 3.21. The van der Waals surface area contributed by atoms with Crippen LogP contribution in [-0.2, 0) is 14.3 Å².